The van der Waals surface area contributed by atoms with Crippen molar-refractivity contribution in [1.29, 1.82) is 0 Å². The summed E-state index contributed by atoms with van der Waals surface area (Å²) in [5.74, 6) is -0.765. The van der Waals surface area contributed by atoms with E-state index < -0.39 is 5.97 Å². The highest BCUT2D eigenvalue weighted by Crippen LogP contribution is 2.23. The summed E-state index contributed by atoms with van der Waals surface area (Å²) < 4.78 is 21.3. The van der Waals surface area contributed by atoms with E-state index in [4.69, 9.17) is 4.74 Å². The molecule has 6 heteroatoms. The van der Waals surface area contributed by atoms with E-state index in [-0.39, 0.29) is 5.82 Å². The number of rotatable bonds is 3. The molecular formula is C16H12BrFN2O2. The predicted molar refractivity (Wildman–Crippen MR) is 84.3 cm³/mol. The van der Waals surface area contributed by atoms with Crippen molar-refractivity contribution in [2.45, 2.75) is 6.54 Å². The third kappa shape index (κ3) is 2.62. The number of carbonyl (C=O) groups is 1. The summed E-state index contributed by atoms with van der Waals surface area (Å²) in [7, 11) is 1.32. The minimum Gasteiger partial charge on any atom is -0.465 e. The van der Waals surface area contributed by atoms with Gasteiger partial charge >= 0.3 is 5.97 Å². The molecule has 0 bridgehead atoms. The van der Waals surface area contributed by atoms with E-state index in [1.165, 1.54) is 13.2 Å². The second-order valence-electron chi connectivity index (χ2n) is 4.77. The summed E-state index contributed by atoms with van der Waals surface area (Å²) in [4.78, 5) is 16.1. The molecule has 0 atom stereocenters. The Morgan fingerprint density at radius 3 is 2.95 bits per heavy atom. The number of halogens is 2. The van der Waals surface area contributed by atoms with Gasteiger partial charge in [-0.1, -0.05) is 22.0 Å². The summed E-state index contributed by atoms with van der Waals surface area (Å²) in [6.45, 7) is 0.304. The lowest BCUT2D eigenvalue weighted by Crippen LogP contribution is -2.02. The van der Waals surface area contributed by atoms with Gasteiger partial charge in [-0.2, -0.15) is 0 Å². The van der Waals surface area contributed by atoms with Gasteiger partial charge in [-0.15, -0.1) is 0 Å². The van der Waals surface area contributed by atoms with Crippen LogP contribution in [0.1, 0.15) is 15.9 Å². The lowest BCUT2D eigenvalue weighted by atomic mass is 10.2. The topological polar surface area (TPSA) is 44.1 Å². The third-order valence-corrected chi connectivity index (χ3v) is 3.89. The van der Waals surface area contributed by atoms with Crippen molar-refractivity contribution >= 4 is 32.9 Å². The zero-order valence-electron chi connectivity index (χ0n) is 11.7. The summed E-state index contributed by atoms with van der Waals surface area (Å²) in [5, 5.41) is 0. The molecule has 0 aliphatic heterocycles. The van der Waals surface area contributed by atoms with Crippen LogP contribution < -0.4 is 0 Å². The largest absolute Gasteiger partial charge is 0.465 e. The highest BCUT2D eigenvalue weighted by molar-refractivity contribution is 9.10. The summed E-state index contributed by atoms with van der Waals surface area (Å²) in [5.41, 5.74) is 2.20. The summed E-state index contributed by atoms with van der Waals surface area (Å²) >= 11 is 3.24. The number of nitrogens with zero attached hydrogens (tertiary/aromatic N) is 2. The van der Waals surface area contributed by atoms with Crippen LogP contribution in [0.15, 0.2) is 47.2 Å². The molecule has 0 saturated heterocycles. The standard InChI is InChI=1S/C16H12BrFN2O2/c1-22-16(21)12-9-20(14-3-2-6-19-15(12)14)8-10-4-5-11(17)7-13(10)18/h2-7,9H,8H2,1H3. The van der Waals surface area contributed by atoms with Gasteiger partial charge in [0, 0.05) is 22.4 Å². The highest BCUT2D eigenvalue weighted by Gasteiger charge is 2.17. The molecule has 0 N–H and O–H groups in total. The van der Waals surface area contributed by atoms with Crippen LogP contribution in [0, 0.1) is 5.82 Å². The van der Waals surface area contributed by atoms with Gasteiger partial charge in [-0.05, 0) is 24.3 Å². The zero-order chi connectivity index (χ0) is 15.7. The molecule has 0 spiro atoms. The van der Waals surface area contributed by atoms with Crippen molar-refractivity contribution in [1.82, 2.24) is 9.55 Å². The maximum absolute atomic E-state index is 14.0. The minimum atomic E-state index is -0.460. The molecule has 112 valence electrons. The van der Waals surface area contributed by atoms with Crippen LogP contribution in [0.4, 0.5) is 4.39 Å². The second kappa shape index (κ2) is 5.88. The predicted octanol–water partition coefficient (Wildman–Crippen LogP) is 3.77. The number of esters is 1. The quantitative estimate of drug-likeness (QED) is 0.666. The fourth-order valence-electron chi connectivity index (χ4n) is 2.35. The normalized spacial score (nSPS) is 10.9. The molecule has 0 aliphatic carbocycles. The second-order valence-corrected chi connectivity index (χ2v) is 5.68. The van der Waals surface area contributed by atoms with Crippen molar-refractivity contribution in [3.63, 3.8) is 0 Å². The van der Waals surface area contributed by atoms with Crippen molar-refractivity contribution in [3.8, 4) is 0 Å². The molecule has 3 rings (SSSR count). The van der Waals surface area contributed by atoms with Crippen molar-refractivity contribution in [2.75, 3.05) is 7.11 Å². The first-order chi connectivity index (χ1) is 10.6. The fraction of sp³-hybridized carbons (Fsp3) is 0.125. The molecule has 0 unspecified atom stereocenters. The Bertz CT molecular complexity index is 860. The molecule has 0 fully saturated rings. The van der Waals surface area contributed by atoms with Gasteiger partial charge in [0.05, 0.1) is 19.2 Å². The zero-order valence-corrected chi connectivity index (χ0v) is 13.3. The number of carbonyl (C=O) groups excluding carboxylic acids is 1. The Labute approximate surface area is 134 Å². The number of pyridine rings is 1. The molecule has 2 aromatic heterocycles. The van der Waals surface area contributed by atoms with Crippen LogP contribution >= 0.6 is 15.9 Å². The molecule has 0 saturated carbocycles. The Kier molecular flexibility index (Phi) is 3.94. The van der Waals surface area contributed by atoms with E-state index in [2.05, 4.69) is 20.9 Å². The number of fused-ring (bicyclic) bond motifs is 1. The van der Waals surface area contributed by atoms with Gasteiger partial charge in [-0.3, -0.25) is 4.98 Å². The molecule has 0 aliphatic rings. The van der Waals surface area contributed by atoms with Crippen LogP contribution in [-0.4, -0.2) is 22.6 Å². The van der Waals surface area contributed by atoms with E-state index >= 15 is 0 Å². The van der Waals surface area contributed by atoms with Crippen LogP contribution in [0.2, 0.25) is 0 Å². The summed E-state index contributed by atoms with van der Waals surface area (Å²) in [6, 6.07) is 8.52. The van der Waals surface area contributed by atoms with E-state index in [1.54, 1.807) is 35.2 Å². The number of aromatic nitrogens is 2. The molecule has 1 aromatic carbocycles. The number of methoxy groups -OCH3 is 1. The van der Waals surface area contributed by atoms with E-state index in [0.717, 1.165) is 5.52 Å². The SMILES string of the molecule is COC(=O)c1cn(Cc2ccc(Br)cc2F)c2cccnc12. The molecular weight excluding hydrogens is 351 g/mol. The van der Waals surface area contributed by atoms with Crippen molar-refractivity contribution in [2.24, 2.45) is 0 Å². The first-order valence-electron chi connectivity index (χ1n) is 6.56. The first kappa shape index (κ1) is 14.7. The minimum absolute atomic E-state index is 0.304. The molecule has 4 nitrogen and oxygen atoms in total. The van der Waals surface area contributed by atoms with Crippen LogP contribution in [0.25, 0.3) is 11.0 Å². The number of hydrogen-bond acceptors (Lipinski definition) is 3. The average molecular weight is 363 g/mol. The molecule has 2 heterocycles. The lowest BCUT2D eigenvalue weighted by Gasteiger charge is -2.07. The van der Waals surface area contributed by atoms with Crippen molar-refractivity contribution < 1.29 is 13.9 Å². The Balaban J connectivity index is 2.09. The lowest BCUT2D eigenvalue weighted by molar-refractivity contribution is 0.0602. The van der Waals surface area contributed by atoms with Gasteiger partial charge in [0.2, 0.25) is 0 Å². The molecule has 0 radical (unpaired) electrons. The third-order valence-electron chi connectivity index (χ3n) is 3.40. The van der Waals surface area contributed by atoms with Crippen LogP contribution in [0.3, 0.4) is 0 Å². The van der Waals surface area contributed by atoms with E-state index in [0.29, 0.717) is 27.7 Å². The van der Waals surface area contributed by atoms with Crippen LogP contribution in [0.5, 0.6) is 0 Å². The van der Waals surface area contributed by atoms with Crippen LogP contribution in [-0.2, 0) is 11.3 Å². The van der Waals surface area contributed by atoms with Gasteiger partial charge in [0.25, 0.3) is 0 Å². The van der Waals surface area contributed by atoms with E-state index in [9.17, 15) is 9.18 Å². The smallest absolute Gasteiger partial charge is 0.341 e. The van der Waals surface area contributed by atoms with Gasteiger partial charge in [0.15, 0.2) is 0 Å². The molecule has 3 aromatic rings. The fourth-order valence-corrected chi connectivity index (χ4v) is 2.68. The monoisotopic (exact) mass is 362 g/mol. The maximum Gasteiger partial charge on any atom is 0.341 e. The Hall–Kier alpha value is -2.21. The Morgan fingerprint density at radius 1 is 1.41 bits per heavy atom. The summed E-state index contributed by atoms with van der Waals surface area (Å²) in [6.07, 6.45) is 3.25. The van der Waals surface area contributed by atoms with Gasteiger partial charge in [0.1, 0.15) is 16.9 Å². The highest BCUT2D eigenvalue weighted by atomic mass is 79.9. The average Bonchev–Trinajstić information content (AvgIpc) is 2.88. The Morgan fingerprint density at radius 2 is 2.23 bits per heavy atom. The number of benzene rings is 1. The van der Waals surface area contributed by atoms with Crippen molar-refractivity contribution in [3.05, 3.63) is 64.1 Å². The molecule has 0 amide bonds. The number of ether oxygens (including phenoxy) is 1. The van der Waals surface area contributed by atoms with E-state index in [1.807, 2.05) is 6.07 Å². The molecule has 22 heavy (non-hydrogen) atoms. The van der Waals surface area contributed by atoms with Gasteiger partial charge in [-0.25, -0.2) is 9.18 Å². The van der Waals surface area contributed by atoms with Gasteiger partial charge < -0.3 is 9.30 Å². The maximum atomic E-state index is 14.0. The number of hydrogen-bond donors (Lipinski definition) is 0. The first-order valence-corrected chi connectivity index (χ1v) is 7.35.